The molecule has 0 aromatic heterocycles. The quantitative estimate of drug-likeness (QED) is 0.895. The lowest BCUT2D eigenvalue weighted by molar-refractivity contribution is -0.122. The monoisotopic (exact) mass is 314 g/mol. The molecule has 126 valence electrons. The lowest BCUT2D eigenvalue weighted by Crippen LogP contribution is -2.48. The molecule has 2 aliphatic heterocycles. The van der Waals surface area contributed by atoms with E-state index in [1.165, 1.54) is 24.0 Å². The number of rotatable bonds is 4. The highest BCUT2D eigenvalue weighted by Crippen LogP contribution is 2.27. The molecule has 23 heavy (non-hydrogen) atoms. The van der Waals surface area contributed by atoms with Gasteiger partial charge in [-0.05, 0) is 48.6 Å². The molecule has 2 unspecified atom stereocenters. The average molecular weight is 314 g/mol. The number of carbonyl (C=O) groups is 1. The summed E-state index contributed by atoms with van der Waals surface area (Å²) in [5, 5.41) is 6.86. The summed E-state index contributed by atoms with van der Waals surface area (Å²) < 4.78 is 0. The second-order valence-electron chi connectivity index (χ2n) is 8.32. The van der Waals surface area contributed by atoms with Gasteiger partial charge < -0.3 is 10.6 Å². The van der Waals surface area contributed by atoms with Crippen molar-refractivity contribution in [3.8, 4) is 0 Å². The second-order valence-corrected chi connectivity index (χ2v) is 8.32. The fourth-order valence-electron chi connectivity index (χ4n) is 3.90. The van der Waals surface area contributed by atoms with Crippen LogP contribution in [0.15, 0.2) is 24.3 Å². The lowest BCUT2D eigenvalue weighted by atomic mass is 9.86. The molecule has 0 spiro atoms. The van der Waals surface area contributed by atoms with Gasteiger partial charge in [-0.2, -0.15) is 0 Å². The first-order chi connectivity index (χ1) is 10.9. The normalized spacial score (nSPS) is 27.0. The van der Waals surface area contributed by atoms with Crippen molar-refractivity contribution in [2.75, 3.05) is 0 Å². The van der Waals surface area contributed by atoms with Crippen LogP contribution in [-0.2, 0) is 16.6 Å². The molecule has 2 atom stereocenters. The second kappa shape index (κ2) is 6.64. The molecule has 2 N–H and O–H groups in total. The van der Waals surface area contributed by atoms with Gasteiger partial charge in [-0.15, -0.1) is 0 Å². The van der Waals surface area contributed by atoms with Gasteiger partial charge in [0.2, 0.25) is 5.91 Å². The molecule has 2 fully saturated rings. The number of benzene rings is 1. The fraction of sp³-hybridized carbons (Fsp3) is 0.650. The van der Waals surface area contributed by atoms with Crippen molar-refractivity contribution in [3.63, 3.8) is 0 Å². The van der Waals surface area contributed by atoms with Crippen molar-refractivity contribution in [3.05, 3.63) is 35.4 Å². The predicted octanol–water partition coefficient (Wildman–Crippen LogP) is 3.32. The summed E-state index contributed by atoms with van der Waals surface area (Å²) in [7, 11) is 0. The molecule has 2 aliphatic rings. The van der Waals surface area contributed by atoms with E-state index in [-0.39, 0.29) is 11.3 Å². The van der Waals surface area contributed by atoms with Crippen molar-refractivity contribution in [2.24, 2.45) is 0 Å². The van der Waals surface area contributed by atoms with Gasteiger partial charge >= 0.3 is 0 Å². The summed E-state index contributed by atoms with van der Waals surface area (Å²) in [5.74, 6) is 0.205. The van der Waals surface area contributed by atoms with E-state index in [1.54, 1.807) is 0 Å². The van der Waals surface area contributed by atoms with Crippen molar-refractivity contribution in [1.29, 1.82) is 0 Å². The third kappa shape index (κ3) is 4.35. The van der Waals surface area contributed by atoms with E-state index in [9.17, 15) is 4.79 Å². The molecule has 3 rings (SSSR count). The number of hydrogen-bond acceptors (Lipinski definition) is 2. The van der Waals surface area contributed by atoms with Gasteiger partial charge in [0.05, 0.1) is 0 Å². The van der Waals surface area contributed by atoms with Crippen molar-refractivity contribution in [1.82, 2.24) is 10.6 Å². The SMILES string of the molecule is CC(C)(C)c1ccc(CCC(=O)NC2CC3CCC(C2)N3)cc1. The Labute approximate surface area is 140 Å². The highest BCUT2D eigenvalue weighted by molar-refractivity contribution is 5.76. The summed E-state index contributed by atoms with van der Waals surface area (Å²) in [6.45, 7) is 6.67. The Morgan fingerprint density at radius 3 is 2.30 bits per heavy atom. The van der Waals surface area contributed by atoms with Crippen LogP contribution in [0.25, 0.3) is 0 Å². The first kappa shape index (κ1) is 16.5. The molecule has 2 bridgehead atoms. The molecule has 2 saturated heterocycles. The maximum Gasteiger partial charge on any atom is 0.220 e. The number of carbonyl (C=O) groups excluding carboxylic acids is 1. The topological polar surface area (TPSA) is 41.1 Å². The zero-order valence-corrected chi connectivity index (χ0v) is 14.7. The standard InChI is InChI=1S/C20H30N2O/c1-20(2,3)15-7-4-14(5-8-15)6-11-19(23)22-18-12-16-9-10-17(13-18)21-16/h4-5,7-8,16-18,21H,6,9-13H2,1-3H3,(H,22,23). The number of hydrogen-bond donors (Lipinski definition) is 2. The van der Waals surface area contributed by atoms with Gasteiger partial charge in [0.15, 0.2) is 0 Å². The van der Waals surface area contributed by atoms with Crippen LogP contribution in [-0.4, -0.2) is 24.0 Å². The minimum Gasteiger partial charge on any atom is -0.353 e. The smallest absolute Gasteiger partial charge is 0.220 e. The molecule has 0 saturated carbocycles. The van der Waals surface area contributed by atoms with Crippen molar-refractivity contribution in [2.45, 2.75) is 82.8 Å². The highest BCUT2D eigenvalue weighted by atomic mass is 16.1. The zero-order chi connectivity index (χ0) is 16.4. The lowest BCUT2D eigenvalue weighted by Gasteiger charge is -2.29. The van der Waals surface area contributed by atoms with Crippen LogP contribution in [0.2, 0.25) is 0 Å². The number of fused-ring (bicyclic) bond motifs is 2. The van der Waals surface area contributed by atoms with Crippen molar-refractivity contribution >= 4 is 5.91 Å². The van der Waals surface area contributed by atoms with E-state index in [2.05, 4.69) is 55.7 Å². The molecule has 3 nitrogen and oxygen atoms in total. The van der Waals surface area contributed by atoms with E-state index in [4.69, 9.17) is 0 Å². The Morgan fingerprint density at radius 1 is 1.13 bits per heavy atom. The van der Waals surface area contributed by atoms with Gasteiger partial charge in [0, 0.05) is 24.5 Å². The Balaban J connectivity index is 1.45. The third-order valence-corrected chi connectivity index (χ3v) is 5.30. The molecule has 2 heterocycles. The van der Waals surface area contributed by atoms with Crippen LogP contribution >= 0.6 is 0 Å². The zero-order valence-electron chi connectivity index (χ0n) is 14.7. The fourth-order valence-corrected chi connectivity index (χ4v) is 3.90. The van der Waals surface area contributed by atoms with E-state index in [1.807, 2.05) is 0 Å². The van der Waals surface area contributed by atoms with Gasteiger partial charge in [-0.1, -0.05) is 45.0 Å². The highest BCUT2D eigenvalue weighted by Gasteiger charge is 2.33. The first-order valence-electron chi connectivity index (χ1n) is 9.05. The average Bonchev–Trinajstić information content (AvgIpc) is 2.83. The third-order valence-electron chi connectivity index (χ3n) is 5.30. The molecule has 1 amide bonds. The van der Waals surface area contributed by atoms with Crippen molar-refractivity contribution < 1.29 is 4.79 Å². The number of nitrogens with one attached hydrogen (secondary N) is 2. The summed E-state index contributed by atoms with van der Waals surface area (Å²) in [4.78, 5) is 12.2. The number of aryl methyl sites for hydroxylation is 1. The van der Waals surface area contributed by atoms with Crippen LogP contribution in [0.1, 0.15) is 64.0 Å². The minimum atomic E-state index is 0.185. The molecule has 0 radical (unpaired) electrons. The van der Waals surface area contributed by atoms with Crippen LogP contribution in [0.3, 0.4) is 0 Å². The van der Waals surface area contributed by atoms with Crippen LogP contribution in [0.5, 0.6) is 0 Å². The number of amides is 1. The van der Waals surface area contributed by atoms with Gasteiger partial charge in [-0.25, -0.2) is 0 Å². The maximum atomic E-state index is 12.2. The minimum absolute atomic E-state index is 0.185. The Kier molecular flexibility index (Phi) is 4.77. The largest absolute Gasteiger partial charge is 0.353 e. The Bertz CT molecular complexity index is 532. The van der Waals surface area contributed by atoms with Gasteiger partial charge in [0.1, 0.15) is 0 Å². The molecule has 1 aromatic carbocycles. The van der Waals surface area contributed by atoms with E-state index in [0.717, 1.165) is 19.3 Å². The predicted molar refractivity (Wildman–Crippen MR) is 94.6 cm³/mol. The van der Waals surface area contributed by atoms with Gasteiger partial charge in [-0.3, -0.25) is 4.79 Å². The number of piperidine rings is 1. The summed E-state index contributed by atoms with van der Waals surface area (Å²) in [5.41, 5.74) is 2.78. The maximum absolute atomic E-state index is 12.2. The molecular weight excluding hydrogens is 284 g/mol. The van der Waals surface area contributed by atoms with E-state index in [0.29, 0.717) is 24.5 Å². The Hall–Kier alpha value is -1.35. The first-order valence-corrected chi connectivity index (χ1v) is 9.05. The Morgan fingerprint density at radius 2 is 1.74 bits per heavy atom. The summed E-state index contributed by atoms with van der Waals surface area (Å²) >= 11 is 0. The van der Waals surface area contributed by atoms with Crippen LogP contribution in [0.4, 0.5) is 0 Å². The van der Waals surface area contributed by atoms with Crippen LogP contribution < -0.4 is 10.6 Å². The summed E-state index contributed by atoms with van der Waals surface area (Å²) in [6, 6.07) is 10.4. The van der Waals surface area contributed by atoms with E-state index < -0.39 is 0 Å². The molecule has 3 heteroatoms. The molecule has 1 aromatic rings. The van der Waals surface area contributed by atoms with E-state index >= 15 is 0 Å². The van der Waals surface area contributed by atoms with Crippen LogP contribution in [0, 0.1) is 0 Å². The summed E-state index contributed by atoms with van der Waals surface area (Å²) in [6.07, 6.45) is 6.17. The van der Waals surface area contributed by atoms with Gasteiger partial charge in [0.25, 0.3) is 0 Å². The molecule has 0 aliphatic carbocycles. The molecular formula is C20H30N2O.